The van der Waals surface area contributed by atoms with Gasteiger partial charge in [0.25, 0.3) is 0 Å². The average Bonchev–Trinajstić information content (AvgIpc) is 2.88. The predicted octanol–water partition coefficient (Wildman–Crippen LogP) is 3.58. The van der Waals surface area contributed by atoms with Crippen LogP contribution in [0.25, 0.3) is 6.08 Å². The minimum absolute atomic E-state index is 0.360. The largest absolute Gasteiger partial charge is 0.487 e. The van der Waals surface area contributed by atoms with Crippen molar-refractivity contribution in [3.63, 3.8) is 0 Å². The van der Waals surface area contributed by atoms with Gasteiger partial charge in [-0.2, -0.15) is 0 Å². The standard InChI is InChI=1S/C13H10BrNO3S/c14-10-2-3-12(9(5-10)1-4-13(16)17)18-6-11-7-19-8-15-11/h1-5,7-8H,6H2,(H,16,17)/b4-1+. The fraction of sp³-hybridized carbons (Fsp3) is 0.0769. The van der Waals surface area contributed by atoms with Crippen LogP contribution in [0, 0.1) is 0 Å². The lowest BCUT2D eigenvalue weighted by Crippen LogP contribution is -1.97. The Morgan fingerprint density at radius 2 is 2.37 bits per heavy atom. The minimum atomic E-state index is -0.995. The lowest BCUT2D eigenvalue weighted by Gasteiger charge is -2.08. The molecule has 2 rings (SSSR count). The first-order valence-electron chi connectivity index (χ1n) is 5.35. The van der Waals surface area contributed by atoms with Crippen molar-refractivity contribution in [1.29, 1.82) is 0 Å². The zero-order chi connectivity index (χ0) is 13.7. The van der Waals surface area contributed by atoms with E-state index in [4.69, 9.17) is 9.84 Å². The molecule has 1 aromatic heterocycles. The molecular formula is C13H10BrNO3S. The summed E-state index contributed by atoms with van der Waals surface area (Å²) >= 11 is 4.85. The maximum absolute atomic E-state index is 10.6. The summed E-state index contributed by atoms with van der Waals surface area (Å²) in [6, 6.07) is 5.43. The number of aliphatic carboxylic acids is 1. The van der Waals surface area contributed by atoms with E-state index in [0.717, 1.165) is 16.2 Å². The third kappa shape index (κ3) is 4.18. The Bertz CT molecular complexity index is 596. The maximum Gasteiger partial charge on any atom is 0.328 e. The van der Waals surface area contributed by atoms with Crippen LogP contribution in [0.2, 0.25) is 0 Å². The molecule has 0 atom stereocenters. The molecule has 0 saturated heterocycles. The molecule has 0 saturated carbocycles. The molecule has 0 aliphatic carbocycles. The van der Waals surface area contributed by atoms with E-state index in [9.17, 15) is 4.79 Å². The Labute approximate surface area is 122 Å². The van der Waals surface area contributed by atoms with Gasteiger partial charge in [-0.3, -0.25) is 0 Å². The summed E-state index contributed by atoms with van der Waals surface area (Å²) < 4.78 is 6.51. The Hall–Kier alpha value is -1.66. The van der Waals surface area contributed by atoms with E-state index in [1.54, 1.807) is 17.6 Å². The van der Waals surface area contributed by atoms with Crippen molar-refractivity contribution in [2.75, 3.05) is 0 Å². The first-order valence-corrected chi connectivity index (χ1v) is 7.09. The molecule has 0 aliphatic rings. The molecule has 0 spiro atoms. The lowest BCUT2D eigenvalue weighted by molar-refractivity contribution is -0.131. The summed E-state index contributed by atoms with van der Waals surface area (Å²) in [7, 11) is 0. The van der Waals surface area contributed by atoms with Crippen LogP contribution in [-0.2, 0) is 11.4 Å². The normalized spacial score (nSPS) is 10.8. The molecular weight excluding hydrogens is 330 g/mol. The molecule has 2 aromatic rings. The Morgan fingerprint density at radius 1 is 1.53 bits per heavy atom. The number of halogens is 1. The topological polar surface area (TPSA) is 59.4 Å². The quantitative estimate of drug-likeness (QED) is 0.845. The van der Waals surface area contributed by atoms with E-state index in [1.807, 2.05) is 11.4 Å². The van der Waals surface area contributed by atoms with Gasteiger partial charge in [0.2, 0.25) is 0 Å². The average molecular weight is 340 g/mol. The molecule has 0 bridgehead atoms. The van der Waals surface area contributed by atoms with Gasteiger partial charge in [0.1, 0.15) is 12.4 Å². The van der Waals surface area contributed by atoms with Crippen molar-refractivity contribution < 1.29 is 14.6 Å². The molecule has 19 heavy (non-hydrogen) atoms. The van der Waals surface area contributed by atoms with Gasteiger partial charge in [-0.15, -0.1) is 11.3 Å². The number of aromatic nitrogens is 1. The maximum atomic E-state index is 10.6. The SMILES string of the molecule is O=C(O)/C=C/c1cc(Br)ccc1OCc1cscn1. The van der Waals surface area contributed by atoms with Gasteiger partial charge in [-0.25, -0.2) is 9.78 Å². The van der Waals surface area contributed by atoms with Crippen molar-refractivity contribution in [2.45, 2.75) is 6.61 Å². The first kappa shape index (κ1) is 13.8. The van der Waals surface area contributed by atoms with Crippen LogP contribution >= 0.6 is 27.3 Å². The van der Waals surface area contributed by atoms with Gasteiger partial charge in [0, 0.05) is 21.5 Å². The second kappa shape index (κ2) is 6.49. The zero-order valence-corrected chi connectivity index (χ0v) is 12.1. The first-order chi connectivity index (χ1) is 9.15. The zero-order valence-electron chi connectivity index (χ0n) is 9.75. The summed E-state index contributed by atoms with van der Waals surface area (Å²) in [5.74, 6) is -0.376. The van der Waals surface area contributed by atoms with Gasteiger partial charge in [-0.1, -0.05) is 15.9 Å². The van der Waals surface area contributed by atoms with Crippen molar-refractivity contribution in [1.82, 2.24) is 4.98 Å². The molecule has 0 radical (unpaired) electrons. The number of rotatable bonds is 5. The van der Waals surface area contributed by atoms with Crippen molar-refractivity contribution in [3.05, 3.63) is 50.9 Å². The highest BCUT2D eigenvalue weighted by Gasteiger charge is 2.04. The van der Waals surface area contributed by atoms with E-state index in [2.05, 4.69) is 20.9 Å². The van der Waals surface area contributed by atoms with E-state index >= 15 is 0 Å². The Kier molecular flexibility index (Phi) is 4.70. The number of carbonyl (C=O) groups is 1. The third-order valence-electron chi connectivity index (χ3n) is 2.24. The number of hydrogen-bond donors (Lipinski definition) is 1. The highest BCUT2D eigenvalue weighted by Crippen LogP contribution is 2.25. The van der Waals surface area contributed by atoms with E-state index in [0.29, 0.717) is 17.9 Å². The third-order valence-corrected chi connectivity index (χ3v) is 3.36. The van der Waals surface area contributed by atoms with Gasteiger partial charge < -0.3 is 9.84 Å². The molecule has 0 amide bonds. The Morgan fingerprint density at radius 3 is 3.05 bits per heavy atom. The van der Waals surface area contributed by atoms with Crippen molar-refractivity contribution in [2.24, 2.45) is 0 Å². The van der Waals surface area contributed by atoms with Gasteiger partial charge in [0.15, 0.2) is 0 Å². The highest BCUT2D eigenvalue weighted by atomic mass is 79.9. The van der Waals surface area contributed by atoms with Crippen LogP contribution in [0.5, 0.6) is 5.75 Å². The molecule has 1 N–H and O–H groups in total. The monoisotopic (exact) mass is 339 g/mol. The summed E-state index contributed by atoms with van der Waals surface area (Å²) in [5.41, 5.74) is 3.29. The number of nitrogens with zero attached hydrogens (tertiary/aromatic N) is 1. The van der Waals surface area contributed by atoms with Crippen LogP contribution in [0.15, 0.2) is 39.6 Å². The minimum Gasteiger partial charge on any atom is -0.487 e. The predicted molar refractivity (Wildman–Crippen MR) is 77.3 cm³/mol. The summed E-state index contributed by atoms with van der Waals surface area (Å²) in [4.78, 5) is 14.7. The number of hydrogen-bond acceptors (Lipinski definition) is 4. The van der Waals surface area contributed by atoms with Gasteiger partial charge >= 0.3 is 5.97 Å². The molecule has 4 nitrogen and oxygen atoms in total. The Balaban J connectivity index is 2.16. The van der Waals surface area contributed by atoms with Gasteiger partial charge in [-0.05, 0) is 24.3 Å². The smallest absolute Gasteiger partial charge is 0.328 e. The summed E-state index contributed by atoms with van der Waals surface area (Å²) in [6.45, 7) is 0.360. The molecule has 0 fully saturated rings. The molecule has 0 aliphatic heterocycles. The molecule has 0 unspecified atom stereocenters. The van der Waals surface area contributed by atoms with Crippen LogP contribution in [-0.4, -0.2) is 16.1 Å². The second-order valence-electron chi connectivity index (χ2n) is 3.62. The summed E-state index contributed by atoms with van der Waals surface area (Å²) in [5, 5.41) is 10.6. The van der Waals surface area contributed by atoms with Crippen molar-refractivity contribution in [3.8, 4) is 5.75 Å². The van der Waals surface area contributed by atoms with Crippen LogP contribution in [0.3, 0.4) is 0 Å². The van der Waals surface area contributed by atoms with E-state index < -0.39 is 5.97 Å². The van der Waals surface area contributed by atoms with Crippen LogP contribution in [0.1, 0.15) is 11.3 Å². The summed E-state index contributed by atoms with van der Waals surface area (Å²) in [6.07, 6.45) is 2.58. The fourth-order valence-electron chi connectivity index (χ4n) is 1.40. The number of carboxylic acids is 1. The fourth-order valence-corrected chi connectivity index (χ4v) is 2.32. The van der Waals surface area contributed by atoms with Crippen LogP contribution < -0.4 is 4.74 Å². The number of ether oxygens (including phenoxy) is 1. The van der Waals surface area contributed by atoms with E-state index in [1.165, 1.54) is 17.4 Å². The molecule has 6 heteroatoms. The number of thiazole rings is 1. The second-order valence-corrected chi connectivity index (χ2v) is 5.26. The lowest BCUT2D eigenvalue weighted by atomic mass is 10.2. The van der Waals surface area contributed by atoms with Gasteiger partial charge in [0.05, 0.1) is 11.2 Å². The number of carboxylic acid groups (broad SMARTS) is 1. The van der Waals surface area contributed by atoms with Crippen molar-refractivity contribution >= 4 is 39.3 Å². The molecule has 98 valence electrons. The number of benzene rings is 1. The highest BCUT2D eigenvalue weighted by molar-refractivity contribution is 9.10. The molecule has 1 aromatic carbocycles. The van der Waals surface area contributed by atoms with E-state index in [-0.39, 0.29) is 0 Å². The van der Waals surface area contributed by atoms with Crippen LogP contribution in [0.4, 0.5) is 0 Å². The molecule has 1 heterocycles.